The average molecular weight is 429 g/mol. The number of amides is 1. The minimum atomic E-state index is -3.67. The number of nitrogens with zero attached hydrogens (tertiary/aromatic N) is 1. The summed E-state index contributed by atoms with van der Waals surface area (Å²) in [5.41, 5.74) is 0.730. The van der Waals surface area contributed by atoms with Crippen molar-refractivity contribution in [1.29, 1.82) is 0 Å². The number of hydrogen-bond acceptors (Lipinski definition) is 4. The fraction of sp³-hybridized carbons (Fsp3) is 0.278. The summed E-state index contributed by atoms with van der Waals surface area (Å²) in [6.45, 7) is 1.39. The number of halogens is 2. The summed E-state index contributed by atoms with van der Waals surface area (Å²) in [6.07, 6.45) is 0. The van der Waals surface area contributed by atoms with Crippen LogP contribution in [0.1, 0.15) is 15.9 Å². The molecule has 1 N–H and O–H groups in total. The number of nitrogens with one attached hydrogen (secondary N) is 1. The van der Waals surface area contributed by atoms with Crippen molar-refractivity contribution in [2.75, 3.05) is 26.3 Å². The molecule has 0 aliphatic carbocycles. The SMILES string of the molecule is O=C(NCc1ccccc1S(=O)(=O)N1CCOCC1)c1cc(Cl)ccc1Cl. The number of benzene rings is 2. The monoisotopic (exact) mass is 428 g/mol. The Morgan fingerprint density at radius 3 is 2.56 bits per heavy atom. The second kappa shape index (κ2) is 8.58. The summed E-state index contributed by atoms with van der Waals surface area (Å²) >= 11 is 12.0. The van der Waals surface area contributed by atoms with Crippen LogP contribution in [0.15, 0.2) is 47.4 Å². The molecule has 0 saturated carbocycles. The van der Waals surface area contributed by atoms with Crippen LogP contribution < -0.4 is 5.32 Å². The Balaban J connectivity index is 1.80. The number of ether oxygens (including phenoxy) is 1. The molecule has 2 aromatic carbocycles. The number of sulfonamides is 1. The first-order valence-corrected chi connectivity index (χ1v) is 10.5. The van der Waals surface area contributed by atoms with Crippen molar-refractivity contribution < 1.29 is 17.9 Å². The largest absolute Gasteiger partial charge is 0.379 e. The number of carbonyl (C=O) groups is 1. The van der Waals surface area contributed by atoms with Crippen molar-refractivity contribution in [3.05, 3.63) is 63.6 Å². The molecule has 0 unspecified atom stereocenters. The lowest BCUT2D eigenvalue weighted by atomic mass is 10.2. The predicted octanol–water partition coefficient (Wildman–Crippen LogP) is 2.94. The zero-order chi connectivity index (χ0) is 19.4. The summed E-state index contributed by atoms with van der Waals surface area (Å²) in [7, 11) is -3.67. The Labute approximate surface area is 168 Å². The highest BCUT2D eigenvalue weighted by atomic mass is 35.5. The van der Waals surface area contributed by atoms with Gasteiger partial charge in [-0.2, -0.15) is 4.31 Å². The molecule has 0 bridgehead atoms. The molecule has 0 spiro atoms. The van der Waals surface area contributed by atoms with Gasteiger partial charge >= 0.3 is 0 Å². The van der Waals surface area contributed by atoms with Gasteiger partial charge in [0.25, 0.3) is 5.91 Å². The first-order valence-electron chi connectivity index (χ1n) is 8.28. The lowest BCUT2D eigenvalue weighted by molar-refractivity contribution is 0.0730. The molecule has 1 fully saturated rings. The van der Waals surface area contributed by atoms with Gasteiger partial charge in [0, 0.05) is 24.7 Å². The van der Waals surface area contributed by atoms with Crippen molar-refractivity contribution in [3.8, 4) is 0 Å². The minimum absolute atomic E-state index is 0.0431. The van der Waals surface area contributed by atoms with Crippen LogP contribution in [0.2, 0.25) is 10.0 Å². The Morgan fingerprint density at radius 2 is 1.81 bits per heavy atom. The highest BCUT2D eigenvalue weighted by Crippen LogP contribution is 2.23. The van der Waals surface area contributed by atoms with E-state index >= 15 is 0 Å². The molecular weight excluding hydrogens is 411 g/mol. The van der Waals surface area contributed by atoms with Crippen LogP contribution in [0.3, 0.4) is 0 Å². The molecule has 1 aliphatic heterocycles. The Morgan fingerprint density at radius 1 is 1.11 bits per heavy atom. The number of rotatable bonds is 5. The second-order valence-electron chi connectivity index (χ2n) is 5.93. The summed E-state index contributed by atoms with van der Waals surface area (Å²) in [5, 5.41) is 3.37. The van der Waals surface area contributed by atoms with Gasteiger partial charge in [0.1, 0.15) is 0 Å². The van der Waals surface area contributed by atoms with E-state index in [-0.39, 0.29) is 22.0 Å². The van der Waals surface area contributed by atoms with Crippen LogP contribution in [0.5, 0.6) is 0 Å². The Bertz CT molecular complexity index is 944. The van der Waals surface area contributed by atoms with E-state index in [0.717, 1.165) is 0 Å². The lowest BCUT2D eigenvalue weighted by Gasteiger charge is -2.27. The van der Waals surface area contributed by atoms with Gasteiger partial charge in [-0.3, -0.25) is 4.79 Å². The molecule has 3 rings (SSSR count). The van der Waals surface area contributed by atoms with Gasteiger partial charge in [0.05, 0.1) is 28.7 Å². The molecular formula is C18H18Cl2N2O4S. The van der Waals surface area contributed by atoms with E-state index < -0.39 is 15.9 Å². The van der Waals surface area contributed by atoms with E-state index in [9.17, 15) is 13.2 Å². The molecule has 1 amide bonds. The Hall–Kier alpha value is -1.64. The van der Waals surface area contributed by atoms with Gasteiger partial charge in [-0.15, -0.1) is 0 Å². The predicted molar refractivity (Wildman–Crippen MR) is 104 cm³/mol. The van der Waals surface area contributed by atoms with E-state index in [4.69, 9.17) is 27.9 Å². The minimum Gasteiger partial charge on any atom is -0.379 e. The molecule has 2 aromatic rings. The van der Waals surface area contributed by atoms with Crippen LogP contribution in [-0.2, 0) is 21.3 Å². The van der Waals surface area contributed by atoms with E-state index in [1.165, 1.54) is 16.4 Å². The third-order valence-corrected chi connectivity index (χ3v) is 6.74. The lowest BCUT2D eigenvalue weighted by Crippen LogP contribution is -2.41. The van der Waals surface area contributed by atoms with Crippen LogP contribution >= 0.6 is 23.2 Å². The smallest absolute Gasteiger partial charge is 0.253 e. The highest BCUT2D eigenvalue weighted by Gasteiger charge is 2.28. The first-order chi connectivity index (χ1) is 12.9. The molecule has 0 atom stereocenters. The van der Waals surface area contributed by atoms with E-state index in [1.54, 1.807) is 30.3 Å². The zero-order valence-electron chi connectivity index (χ0n) is 14.3. The molecule has 9 heteroatoms. The van der Waals surface area contributed by atoms with Gasteiger partial charge in [0.2, 0.25) is 10.0 Å². The van der Waals surface area contributed by atoms with Gasteiger partial charge in [0.15, 0.2) is 0 Å². The summed E-state index contributed by atoms with van der Waals surface area (Å²) in [6, 6.07) is 11.2. The van der Waals surface area contributed by atoms with Crippen LogP contribution in [0.4, 0.5) is 0 Å². The molecule has 1 heterocycles. The normalized spacial score (nSPS) is 15.5. The van der Waals surface area contributed by atoms with Gasteiger partial charge < -0.3 is 10.1 Å². The molecule has 144 valence electrons. The number of morpholine rings is 1. The van der Waals surface area contributed by atoms with Crippen LogP contribution in [-0.4, -0.2) is 44.9 Å². The van der Waals surface area contributed by atoms with Crippen LogP contribution in [0.25, 0.3) is 0 Å². The fourth-order valence-electron chi connectivity index (χ4n) is 2.77. The second-order valence-corrected chi connectivity index (χ2v) is 8.68. The molecule has 1 aliphatic rings. The van der Waals surface area contributed by atoms with Crippen LogP contribution in [0, 0.1) is 0 Å². The molecule has 0 radical (unpaired) electrons. The van der Waals surface area contributed by atoms with E-state index in [2.05, 4.69) is 5.32 Å². The third-order valence-electron chi connectivity index (χ3n) is 4.17. The Kier molecular flexibility index (Phi) is 6.39. The van der Waals surface area contributed by atoms with Crippen molar-refractivity contribution in [2.45, 2.75) is 11.4 Å². The first kappa shape index (κ1) is 20.1. The molecule has 27 heavy (non-hydrogen) atoms. The quantitative estimate of drug-likeness (QED) is 0.793. The summed E-state index contributed by atoms with van der Waals surface area (Å²) < 4.78 is 32.5. The van der Waals surface area contributed by atoms with Gasteiger partial charge in [-0.25, -0.2) is 8.42 Å². The van der Waals surface area contributed by atoms with Crippen molar-refractivity contribution >= 4 is 39.1 Å². The fourth-order valence-corrected chi connectivity index (χ4v) is 4.78. The molecule has 1 saturated heterocycles. The van der Waals surface area contributed by atoms with Gasteiger partial charge in [-0.05, 0) is 29.8 Å². The van der Waals surface area contributed by atoms with E-state index in [0.29, 0.717) is 36.9 Å². The maximum Gasteiger partial charge on any atom is 0.253 e. The molecule has 6 nitrogen and oxygen atoms in total. The van der Waals surface area contributed by atoms with Crippen molar-refractivity contribution in [2.24, 2.45) is 0 Å². The topological polar surface area (TPSA) is 75.7 Å². The maximum absolute atomic E-state index is 12.9. The number of carbonyl (C=O) groups excluding carboxylic acids is 1. The van der Waals surface area contributed by atoms with E-state index in [1.807, 2.05) is 0 Å². The standard InChI is InChI=1S/C18H18Cl2N2O4S/c19-14-5-6-16(20)15(11-14)18(23)21-12-13-3-1-2-4-17(13)27(24,25)22-7-9-26-10-8-22/h1-6,11H,7-10,12H2,(H,21,23). The number of hydrogen-bond donors (Lipinski definition) is 1. The maximum atomic E-state index is 12.9. The zero-order valence-corrected chi connectivity index (χ0v) is 16.6. The molecule has 0 aromatic heterocycles. The average Bonchev–Trinajstić information content (AvgIpc) is 2.69. The van der Waals surface area contributed by atoms with Crippen molar-refractivity contribution in [1.82, 2.24) is 9.62 Å². The summed E-state index contributed by atoms with van der Waals surface area (Å²) in [5.74, 6) is -0.430. The van der Waals surface area contributed by atoms with Gasteiger partial charge in [-0.1, -0.05) is 41.4 Å². The highest BCUT2D eigenvalue weighted by molar-refractivity contribution is 7.89. The summed E-state index contributed by atoms with van der Waals surface area (Å²) in [4.78, 5) is 12.6. The van der Waals surface area contributed by atoms with Crippen molar-refractivity contribution in [3.63, 3.8) is 0 Å². The third kappa shape index (κ3) is 4.62.